The van der Waals surface area contributed by atoms with Crippen LogP contribution in [-0.2, 0) is 13.2 Å². The van der Waals surface area contributed by atoms with Crippen LogP contribution in [0.1, 0.15) is 11.1 Å². The topological polar surface area (TPSA) is 67.8 Å². The van der Waals surface area contributed by atoms with Crippen molar-refractivity contribution in [1.82, 2.24) is 19.9 Å². The molecule has 0 unspecified atom stereocenters. The van der Waals surface area contributed by atoms with E-state index in [1.807, 2.05) is 36.4 Å². The zero-order valence-corrected chi connectivity index (χ0v) is 17.3. The number of halogens is 2. The Morgan fingerprint density at radius 3 is 2.73 bits per heavy atom. The first-order chi connectivity index (χ1) is 14.6. The third kappa shape index (κ3) is 4.50. The quantitative estimate of drug-likeness (QED) is 0.390. The molecule has 0 amide bonds. The lowest BCUT2D eigenvalue weighted by molar-refractivity contribution is 0.299. The molecule has 6 nitrogen and oxygen atoms in total. The smallest absolute Gasteiger partial charge is 0.214 e. The number of nitrogens with zero attached hydrogens (tertiary/aromatic N) is 3. The van der Waals surface area contributed by atoms with Crippen molar-refractivity contribution in [3.05, 3.63) is 93.7 Å². The molecule has 0 saturated heterocycles. The van der Waals surface area contributed by atoms with E-state index in [0.29, 0.717) is 33.5 Å². The van der Waals surface area contributed by atoms with Crippen molar-refractivity contribution >= 4 is 23.8 Å². The molecule has 0 bridgehead atoms. The van der Waals surface area contributed by atoms with Crippen molar-refractivity contribution in [3.63, 3.8) is 0 Å². The summed E-state index contributed by atoms with van der Waals surface area (Å²) in [4.78, 5) is 4.02. The molecule has 0 aliphatic heterocycles. The zero-order valence-electron chi connectivity index (χ0n) is 15.7. The van der Waals surface area contributed by atoms with Gasteiger partial charge in [0.15, 0.2) is 5.82 Å². The Labute approximate surface area is 182 Å². The molecule has 30 heavy (non-hydrogen) atoms. The van der Waals surface area contributed by atoms with E-state index in [1.165, 1.54) is 6.07 Å². The summed E-state index contributed by atoms with van der Waals surface area (Å²) in [6, 6.07) is 15.8. The molecule has 2 aromatic heterocycles. The van der Waals surface area contributed by atoms with Gasteiger partial charge in [0.05, 0.1) is 11.6 Å². The molecule has 0 aliphatic rings. The highest BCUT2D eigenvalue weighted by molar-refractivity contribution is 7.71. The summed E-state index contributed by atoms with van der Waals surface area (Å²) >= 11 is 11.4. The molecule has 2 N–H and O–H groups in total. The number of pyridine rings is 1. The molecule has 152 valence electrons. The SMILES string of the molecule is Fc1cccc(Cl)c1COc1cccc(CNn2c(-c3ccncc3)n[nH]c2=S)c1. The summed E-state index contributed by atoms with van der Waals surface area (Å²) in [5, 5.41) is 7.41. The molecule has 0 atom stereocenters. The number of aromatic amines is 1. The Hall–Kier alpha value is -3.23. The first kappa shape index (κ1) is 20.1. The monoisotopic (exact) mass is 441 g/mol. The average molecular weight is 442 g/mol. The molecule has 4 rings (SSSR count). The van der Waals surface area contributed by atoms with Crippen molar-refractivity contribution < 1.29 is 9.13 Å². The molecule has 2 aromatic carbocycles. The zero-order chi connectivity index (χ0) is 20.9. The number of benzene rings is 2. The van der Waals surface area contributed by atoms with Gasteiger partial charge in [-0.3, -0.25) is 4.98 Å². The Morgan fingerprint density at radius 1 is 1.13 bits per heavy atom. The van der Waals surface area contributed by atoms with Crippen molar-refractivity contribution in [2.45, 2.75) is 13.2 Å². The summed E-state index contributed by atoms with van der Waals surface area (Å²) in [5.41, 5.74) is 5.42. The lowest BCUT2D eigenvalue weighted by Gasteiger charge is -2.12. The maximum Gasteiger partial charge on any atom is 0.214 e. The molecule has 9 heteroatoms. The summed E-state index contributed by atoms with van der Waals surface area (Å²) in [6.07, 6.45) is 3.39. The fourth-order valence-corrected chi connectivity index (χ4v) is 3.29. The van der Waals surface area contributed by atoms with Crippen LogP contribution < -0.4 is 10.2 Å². The van der Waals surface area contributed by atoms with Gasteiger partial charge in [0.25, 0.3) is 0 Å². The Morgan fingerprint density at radius 2 is 1.93 bits per heavy atom. The fraction of sp³-hybridized carbons (Fsp3) is 0.0952. The molecular weight excluding hydrogens is 425 g/mol. The second-order valence-electron chi connectivity index (χ2n) is 6.39. The first-order valence-electron chi connectivity index (χ1n) is 9.08. The van der Waals surface area contributed by atoms with E-state index in [0.717, 1.165) is 11.1 Å². The minimum absolute atomic E-state index is 0.0430. The van der Waals surface area contributed by atoms with Gasteiger partial charge in [-0.15, -0.1) is 0 Å². The Bertz CT molecular complexity index is 1190. The normalized spacial score (nSPS) is 10.7. The summed E-state index contributed by atoms with van der Waals surface area (Å²) in [6.45, 7) is 0.519. The highest BCUT2D eigenvalue weighted by atomic mass is 35.5. The lowest BCUT2D eigenvalue weighted by Crippen LogP contribution is -2.16. The Balaban J connectivity index is 1.46. The highest BCUT2D eigenvalue weighted by Crippen LogP contribution is 2.22. The van der Waals surface area contributed by atoms with E-state index in [1.54, 1.807) is 29.2 Å². The number of H-pyrrole nitrogens is 1. The van der Waals surface area contributed by atoms with Crippen LogP contribution in [0.3, 0.4) is 0 Å². The highest BCUT2D eigenvalue weighted by Gasteiger charge is 2.10. The van der Waals surface area contributed by atoms with Gasteiger partial charge in [-0.25, -0.2) is 14.2 Å². The van der Waals surface area contributed by atoms with Gasteiger partial charge < -0.3 is 10.2 Å². The number of rotatable bonds is 7. The number of ether oxygens (including phenoxy) is 1. The maximum absolute atomic E-state index is 13.9. The molecular formula is C21H17ClFN5OS. The molecule has 2 heterocycles. The largest absolute Gasteiger partial charge is 0.489 e. The van der Waals surface area contributed by atoms with Gasteiger partial charge in [-0.1, -0.05) is 29.8 Å². The minimum atomic E-state index is -0.390. The van der Waals surface area contributed by atoms with Gasteiger partial charge in [0.2, 0.25) is 4.77 Å². The van der Waals surface area contributed by atoms with Gasteiger partial charge in [-0.2, -0.15) is 5.10 Å². The lowest BCUT2D eigenvalue weighted by atomic mass is 10.2. The first-order valence-corrected chi connectivity index (χ1v) is 9.87. The second kappa shape index (κ2) is 9.06. The van der Waals surface area contributed by atoms with Crippen LogP contribution in [0, 0.1) is 10.6 Å². The number of nitrogens with one attached hydrogen (secondary N) is 2. The minimum Gasteiger partial charge on any atom is -0.489 e. The van der Waals surface area contributed by atoms with Gasteiger partial charge >= 0.3 is 0 Å². The fourth-order valence-electron chi connectivity index (χ4n) is 2.88. The third-order valence-electron chi connectivity index (χ3n) is 4.40. The maximum atomic E-state index is 13.9. The standard InChI is InChI=1S/C21H17ClFN5OS/c22-18-5-2-6-19(23)17(18)13-29-16-4-1-3-14(11-16)12-25-28-20(26-27-21(28)30)15-7-9-24-10-8-15/h1-11,25H,12-13H2,(H,27,30). The van der Waals surface area contributed by atoms with Crippen LogP contribution in [0.4, 0.5) is 4.39 Å². The summed E-state index contributed by atoms with van der Waals surface area (Å²) in [7, 11) is 0. The molecule has 4 aromatic rings. The number of hydrogen-bond acceptors (Lipinski definition) is 5. The van der Waals surface area contributed by atoms with Crippen molar-refractivity contribution in [2.75, 3.05) is 5.43 Å². The van der Waals surface area contributed by atoms with Gasteiger partial charge in [0.1, 0.15) is 18.2 Å². The van der Waals surface area contributed by atoms with Crippen molar-refractivity contribution in [1.29, 1.82) is 0 Å². The van der Waals surface area contributed by atoms with E-state index in [9.17, 15) is 4.39 Å². The number of aromatic nitrogens is 4. The molecule has 0 radical (unpaired) electrons. The van der Waals surface area contributed by atoms with Crippen LogP contribution in [0.5, 0.6) is 5.75 Å². The molecule has 0 spiro atoms. The van der Waals surface area contributed by atoms with E-state index in [4.69, 9.17) is 28.6 Å². The van der Waals surface area contributed by atoms with Crippen LogP contribution in [-0.4, -0.2) is 19.9 Å². The Kier molecular flexibility index (Phi) is 6.06. The van der Waals surface area contributed by atoms with E-state index < -0.39 is 5.82 Å². The van der Waals surface area contributed by atoms with E-state index in [-0.39, 0.29) is 6.61 Å². The summed E-state index contributed by atoms with van der Waals surface area (Å²) < 4.78 is 21.8. The second-order valence-corrected chi connectivity index (χ2v) is 7.19. The van der Waals surface area contributed by atoms with Crippen LogP contribution >= 0.6 is 23.8 Å². The molecule has 0 fully saturated rings. The van der Waals surface area contributed by atoms with Crippen LogP contribution in [0.2, 0.25) is 5.02 Å². The molecule has 0 aliphatic carbocycles. The van der Waals surface area contributed by atoms with Gasteiger partial charge in [0, 0.05) is 23.5 Å². The van der Waals surface area contributed by atoms with E-state index >= 15 is 0 Å². The molecule has 0 saturated carbocycles. The van der Waals surface area contributed by atoms with Crippen molar-refractivity contribution in [3.8, 4) is 17.1 Å². The van der Waals surface area contributed by atoms with Crippen molar-refractivity contribution in [2.24, 2.45) is 0 Å². The predicted molar refractivity (Wildman–Crippen MR) is 116 cm³/mol. The van der Waals surface area contributed by atoms with Crippen LogP contribution in [0.15, 0.2) is 67.0 Å². The third-order valence-corrected chi connectivity index (χ3v) is 5.02. The average Bonchev–Trinajstić information content (AvgIpc) is 3.13. The van der Waals surface area contributed by atoms with Gasteiger partial charge in [-0.05, 0) is 54.2 Å². The summed E-state index contributed by atoms with van der Waals surface area (Å²) in [5.74, 6) is 0.876. The van der Waals surface area contributed by atoms with E-state index in [2.05, 4.69) is 20.6 Å². The number of hydrogen-bond donors (Lipinski definition) is 2. The predicted octanol–water partition coefficient (Wildman–Crippen LogP) is 5.12. The van der Waals surface area contributed by atoms with Crippen LogP contribution in [0.25, 0.3) is 11.4 Å².